The predicted octanol–water partition coefficient (Wildman–Crippen LogP) is 1.81. The number of rotatable bonds is 6. The fourth-order valence-corrected chi connectivity index (χ4v) is 1.76. The Hall–Kier alpha value is -2.32. The van der Waals surface area contributed by atoms with Crippen LogP contribution >= 0.6 is 0 Å². The number of urea groups is 1. The molecular weight excluding hydrogens is 254 g/mol. The molecule has 106 valence electrons. The van der Waals surface area contributed by atoms with Gasteiger partial charge in [0.15, 0.2) is 0 Å². The van der Waals surface area contributed by atoms with E-state index in [4.69, 9.17) is 10.4 Å². The molecule has 0 aliphatic heterocycles. The van der Waals surface area contributed by atoms with Gasteiger partial charge >= 0.3 is 6.03 Å². The fourth-order valence-electron chi connectivity index (χ4n) is 1.76. The second-order valence-electron chi connectivity index (χ2n) is 4.36. The first-order valence-corrected chi connectivity index (χ1v) is 6.39. The lowest BCUT2D eigenvalue weighted by molar-refractivity contribution is 0.181. The third kappa shape index (κ3) is 4.41. The molecule has 0 bridgehead atoms. The van der Waals surface area contributed by atoms with Gasteiger partial charge in [-0.3, -0.25) is 0 Å². The normalized spacial score (nSPS) is 11.2. The van der Waals surface area contributed by atoms with Crippen molar-refractivity contribution in [2.45, 2.75) is 13.0 Å². The number of nitriles is 1. The fraction of sp³-hybridized carbons (Fsp3) is 0.333. The molecule has 0 aromatic heterocycles. The monoisotopic (exact) mass is 273 g/mol. The average Bonchev–Trinajstić information content (AvgIpc) is 2.47. The molecule has 1 aromatic rings. The summed E-state index contributed by atoms with van der Waals surface area (Å²) in [5.74, 6) is 0. The number of nitrogens with zero attached hydrogens (tertiary/aromatic N) is 2. The Bertz CT molecular complexity index is 491. The highest BCUT2D eigenvalue weighted by atomic mass is 16.3. The molecule has 2 N–H and O–H groups in total. The zero-order valence-electron chi connectivity index (χ0n) is 11.5. The highest BCUT2D eigenvalue weighted by Crippen LogP contribution is 2.13. The number of amides is 2. The second kappa shape index (κ2) is 7.97. The van der Waals surface area contributed by atoms with Gasteiger partial charge in [0.05, 0.1) is 24.3 Å². The predicted molar refractivity (Wildman–Crippen MR) is 77.0 cm³/mol. The maximum absolute atomic E-state index is 12.0. The summed E-state index contributed by atoms with van der Waals surface area (Å²) in [6, 6.07) is 8.67. The molecule has 2 amide bonds. The Morgan fingerprint density at radius 1 is 1.55 bits per heavy atom. The minimum absolute atomic E-state index is 0.0908. The van der Waals surface area contributed by atoms with Gasteiger partial charge in [0.25, 0.3) is 0 Å². The first-order valence-electron chi connectivity index (χ1n) is 6.39. The van der Waals surface area contributed by atoms with Crippen LogP contribution in [0, 0.1) is 11.3 Å². The molecule has 0 aliphatic rings. The summed E-state index contributed by atoms with van der Waals surface area (Å²) in [7, 11) is 0. The van der Waals surface area contributed by atoms with Crippen molar-refractivity contribution >= 4 is 6.03 Å². The van der Waals surface area contributed by atoms with E-state index < -0.39 is 0 Å². The summed E-state index contributed by atoms with van der Waals surface area (Å²) in [4.78, 5) is 13.5. The number of aliphatic hydroxyl groups is 1. The van der Waals surface area contributed by atoms with E-state index in [-0.39, 0.29) is 25.2 Å². The van der Waals surface area contributed by atoms with Gasteiger partial charge in [-0.05, 0) is 24.6 Å². The summed E-state index contributed by atoms with van der Waals surface area (Å²) >= 11 is 0. The molecule has 0 spiro atoms. The lowest BCUT2D eigenvalue weighted by atomic mass is 10.1. The van der Waals surface area contributed by atoms with E-state index in [0.29, 0.717) is 12.1 Å². The zero-order chi connectivity index (χ0) is 15.0. The van der Waals surface area contributed by atoms with Crippen molar-refractivity contribution < 1.29 is 9.90 Å². The van der Waals surface area contributed by atoms with Gasteiger partial charge in [0, 0.05) is 13.1 Å². The molecule has 0 saturated heterocycles. The van der Waals surface area contributed by atoms with Crippen molar-refractivity contribution in [3.05, 3.63) is 48.0 Å². The molecule has 5 nitrogen and oxygen atoms in total. The van der Waals surface area contributed by atoms with E-state index >= 15 is 0 Å². The number of nitrogens with one attached hydrogen (secondary N) is 1. The van der Waals surface area contributed by atoms with Crippen molar-refractivity contribution in [3.63, 3.8) is 0 Å². The van der Waals surface area contributed by atoms with Crippen LogP contribution in [0.5, 0.6) is 0 Å². The number of hydrogen-bond acceptors (Lipinski definition) is 3. The van der Waals surface area contributed by atoms with Crippen molar-refractivity contribution in [3.8, 4) is 6.07 Å². The van der Waals surface area contributed by atoms with Crippen LogP contribution in [0.4, 0.5) is 4.79 Å². The second-order valence-corrected chi connectivity index (χ2v) is 4.36. The topological polar surface area (TPSA) is 76.4 Å². The number of hydrogen-bond donors (Lipinski definition) is 2. The first kappa shape index (κ1) is 15.7. The molecule has 0 aliphatic carbocycles. The lowest BCUT2D eigenvalue weighted by Gasteiger charge is -2.23. The molecule has 0 fully saturated rings. The van der Waals surface area contributed by atoms with E-state index in [1.54, 1.807) is 18.2 Å². The van der Waals surface area contributed by atoms with E-state index in [1.165, 1.54) is 4.90 Å². The van der Waals surface area contributed by atoms with Gasteiger partial charge in [-0.15, -0.1) is 6.58 Å². The van der Waals surface area contributed by atoms with Crippen LogP contribution in [-0.2, 0) is 0 Å². The van der Waals surface area contributed by atoms with Crippen molar-refractivity contribution in [1.29, 1.82) is 5.26 Å². The minimum Gasteiger partial charge on any atom is -0.395 e. The number of carbonyl (C=O) groups excluding carboxylic acids is 1. The SMILES string of the molecule is C=CCN(CCO)C(=O)NC(C)c1ccc(C#N)cc1. The summed E-state index contributed by atoms with van der Waals surface area (Å²) in [5, 5.41) is 20.5. The van der Waals surface area contributed by atoms with Crippen LogP contribution in [0.2, 0.25) is 0 Å². The quantitative estimate of drug-likeness (QED) is 0.776. The molecular formula is C15H19N3O2. The van der Waals surface area contributed by atoms with E-state index in [0.717, 1.165) is 5.56 Å². The highest BCUT2D eigenvalue weighted by Gasteiger charge is 2.15. The van der Waals surface area contributed by atoms with Crippen molar-refractivity contribution in [1.82, 2.24) is 10.2 Å². The molecule has 0 saturated carbocycles. The summed E-state index contributed by atoms with van der Waals surface area (Å²) in [6.45, 7) is 6.01. The zero-order valence-corrected chi connectivity index (χ0v) is 11.5. The van der Waals surface area contributed by atoms with Crippen LogP contribution in [-0.4, -0.2) is 35.7 Å². The summed E-state index contributed by atoms with van der Waals surface area (Å²) in [6.07, 6.45) is 1.61. The van der Waals surface area contributed by atoms with E-state index in [9.17, 15) is 4.79 Å². The largest absolute Gasteiger partial charge is 0.395 e. The number of benzene rings is 1. The Kier molecular flexibility index (Phi) is 6.27. The van der Waals surface area contributed by atoms with Crippen molar-refractivity contribution in [2.75, 3.05) is 19.7 Å². The van der Waals surface area contributed by atoms with Crippen LogP contribution in [0.15, 0.2) is 36.9 Å². The highest BCUT2D eigenvalue weighted by molar-refractivity contribution is 5.74. The average molecular weight is 273 g/mol. The molecule has 5 heteroatoms. The van der Waals surface area contributed by atoms with Gasteiger partial charge in [-0.1, -0.05) is 18.2 Å². The standard InChI is InChI=1S/C15H19N3O2/c1-3-8-18(9-10-19)15(20)17-12(2)14-6-4-13(11-16)5-7-14/h3-7,12,19H,1,8-10H2,2H3,(H,17,20). The van der Waals surface area contributed by atoms with E-state index in [2.05, 4.69) is 18.0 Å². The lowest BCUT2D eigenvalue weighted by Crippen LogP contribution is -2.42. The number of aliphatic hydroxyl groups excluding tert-OH is 1. The van der Waals surface area contributed by atoms with Gasteiger partial charge < -0.3 is 15.3 Å². The van der Waals surface area contributed by atoms with Gasteiger partial charge in [0.2, 0.25) is 0 Å². The molecule has 1 rings (SSSR count). The smallest absolute Gasteiger partial charge is 0.318 e. The van der Waals surface area contributed by atoms with Crippen LogP contribution in [0.25, 0.3) is 0 Å². The third-order valence-electron chi connectivity index (χ3n) is 2.89. The third-order valence-corrected chi connectivity index (χ3v) is 2.89. The summed E-state index contributed by atoms with van der Waals surface area (Å²) < 4.78 is 0. The van der Waals surface area contributed by atoms with Gasteiger partial charge in [0.1, 0.15) is 0 Å². The molecule has 1 unspecified atom stereocenters. The molecule has 0 heterocycles. The molecule has 1 aromatic carbocycles. The Morgan fingerprint density at radius 3 is 2.70 bits per heavy atom. The number of carbonyl (C=O) groups is 1. The van der Waals surface area contributed by atoms with Crippen LogP contribution in [0.1, 0.15) is 24.1 Å². The summed E-state index contributed by atoms with van der Waals surface area (Å²) in [5.41, 5.74) is 1.50. The van der Waals surface area contributed by atoms with Crippen molar-refractivity contribution in [2.24, 2.45) is 0 Å². The Labute approximate surface area is 119 Å². The minimum atomic E-state index is -0.254. The van der Waals surface area contributed by atoms with Gasteiger partial charge in [-0.25, -0.2) is 4.79 Å². The Balaban J connectivity index is 2.67. The van der Waals surface area contributed by atoms with Gasteiger partial charge in [-0.2, -0.15) is 5.26 Å². The van der Waals surface area contributed by atoms with Crippen LogP contribution < -0.4 is 5.32 Å². The molecule has 0 radical (unpaired) electrons. The maximum atomic E-state index is 12.0. The molecule has 20 heavy (non-hydrogen) atoms. The maximum Gasteiger partial charge on any atom is 0.318 e. The van der Waals surface area contributed by atoms with Crippen LogP contribution in [0.3, 0.4) is 0 Å². The first-order chi connectivity index (χ1) is 9.62. The molecule has 1 atom stereocenters. The Morgan fingerprint density at radius 2 is 2.20 bits per heavy atom. The van der Waals surface area contributed by atoms with E-state index in [1.807, 2.05) is 19.1 Å².